The van der Waals surface area contributed by atoms with Gasteiger partial charge in [0, 0.05) is 31.4 Å². The molecule has 5 heteroatoms. The van der Waals surface area contributed by atoms with Crippen LogP contribution in [0.25, 0.3) is 22.8 Å². The van der Waals surface area contributed by atoms with Crippen molar-refractivity contribution in [2.75, 3.05) is 0 Å². The zero-order chi connectivity index (χ0) is 18.6. The number of rotatable bonds is 6. The van der Waals surface area contributed by atoms with E-state index in [-0.39, 0.29) is 0 Å². The molecule has 0 radical (unpaired) electrons. The van der Waals surface area contributed by atoms with Gasteiger partial charge in [0.25, 0.3) is 0 Å². The van der Waals surface area contributed by atoms with Gasteiger partial charge in [0.1, 0.15) is 5.69 Å². The second-order valence-electron chi connectivity index (χ2n) is 6.67. The van der Waals surface area contributed by atoms with E-state index in [1.54, 1.807) is 12.5 Å². The second kappa shape index (κ2) is 7.60. The van der Waals surface area contributed by atoms with E-state index >= 15 is 0 Å². The van der Waals surface area contributed by atoms with Crippen LogP contribution in [-0.2, 0) is 20.0 Å². The van der Waals surface area contributed by atoms with Gasteiger partial charge in [-0.05, 0) is 5.56 Å². The third-order valence-corrected chi connectivity index (χ3v) is 4.64. The maximum Gasteiger partial charge on any atom is 0.158 e. The Morgan fingerprint density at radius 3 is 2.33 bits per heavy atom. The SMILES string of the molecule is Cn1ccnc1-c1c(-c2ccccc2)ncn1C[C@@H](O)Cc1ccccc1. The lowest BCUT2D eigenvalue weighted by Crippen LogP contribution is -2.19. The number of hydrogen-bond acceptors (Lipinski definition) is 3. The van der Waals surface area contributed by atoms with Crippen molar-refractivity contribution in [2.24, 2.45) is 7.05 Å². The number of aliphatic hydroxyl groups excluding tert-OH is 1. The van der Waals surface area contributed by atoms with E-state index in [4.69, 9.17) is 0 Å². The van der Waals surface area contributed by atoms with Gasteiger partial charge in [0.05, 0.1) is 24.7 Å². The second-order valence-corrected chi connectivity index (χ2v) is 6.67. The molecule has 2 aromatic carbocycles. The van der Waals surface area contributed by atoms with Gasteiger partial charge in [-0.2, -0.15) is 0 Å². The highest BCUT2D eigenvalue weighted by atomic mass is 16.3. The van der Waals surface area contributed by atoms with Crippen molar-refractivity contribution in [3.8, 4) is 22.8 Å². The van der Waals surface area contributed by atoms with Crippen LogP contribution in [0.4, 0.5) is 0 Å². The number of benzene rings is 2. The van der Waals surface area contributed by atoms with E-state index in [0.29, 0.717) is 13.0 Å². The molecule has 27 heavy (non-hydrogen) atoms. The van der Waals surface area contributed by atoms with Crippen LogP contribution in [0.2, 0.25) is 0 Å². The first-order valence-electron chi connectivity index (χ1n) is 9.02. The lowest BCUT2D eigenvalue weighted by molar-refractivity contribution is 0.154. The molecule has 136 valence electrons. The molecule has 0 saturated heterocycles. The van der Waals surface area contributed by atoms with Gasteiger partial charge in [0.2, 0.25) is 0 Å². The third kappa shape index (κ3) is 3.68. The molecule has 2 heterocycles. The first-order chi connectivity index (χ1) is 13.2. The first kappa shape index (κ1) is 17.2. The Bertz CT molecular complexity index is 1010. The van der Waals surface area contributed by atoms with Crippen molar-refractivity contribution >= 4 is 0 Å². The van der Waals surface area contributed by atoms with Crippen LogP contribution < -0.4 is 0 Å². The summed E-state index contributed by atoms with van der Waals surface area (Å²) in [5, 5.41) is 10.7. The van der Waals surface area contributed by atoms with Gasteiger partial charge >= 0.3 is 0 Å². The highest BCUT2D eigenvalue weighted by Gasteiger charge is 2.20. The van der Waals surface area contributed by atoms with Crippen molar-refractivity contribution in [1.29, 1.82) is 0 Å². The zero-order valence-corrected chi connectivity index (χ0v) is 15.2. The maximum absolute atomic E-state index is 10.7. The molecular weight excluding hydrogens is 336 g/mol. The smallest absolute Gasteiger partial charge is 0.158 e. The predicted octanol–water partition coefficient (Wildman–Crippen LogP) is 3.55. The fourth-order valence-electron chi connectivity index (χ4n) is 3.33. The van der Waals surface area contributed by atoms with E-state index < -0.39 is 6.10 Å². The van der Waals surface area contributed by atoms with Gasteiger partial charge in [-0.1, -0.05) is 60.7 Å². The summed E-state index contributed by atoms with van der Waals surface area (Å²) in [4.78, 5) is 9.16. The highest BCUT2D eigenvalue weighted by Crippen LogP contribution is 2.30. The fourth-order valence-corrected chi connectivity index (χ4v) is 3.33. The molecule has 0 unspecified atom stereocenters. The number of hydrogen-bond donors (Lipinski definition) is 1. The summed E-state index contributed by atoms with van der Waals surface area (Å²) in [6.45, 7) is 0.455. The Morgan fingerprint density at radius 2 is 1.67 bits per heavy atom. The molecule has 0 saturated carbocycles. The molecule has 4 aromatic rings. The number of aliphatic hydroxyl groups is 1. The van der Waals surface area contributed by atoms with Crippen molar-refractivity contribution < 1.29 is 5.11 Å². The molecule has 2 aromatic heterocycles. The topological polar surface area (TPSA) is 55.9 Å². The Morgan fingerprint density at radius 1 is 0.963 bits per heavy atom. The number of nitrogens with zero attached hydrogens (tertiary/aromatic N) is 4. The monoisotopic (exact) mass is 358 g/mol. The largest absolute Gasteiger partial charge is 0.391 e. The van der Waals surface area contributed by atoms with Crippen molar-refractivity contribution in [2.45, 2.75) is 19.1 Å². The molecule has 0 fully saturated rings. The molecule has 4 rings (SSSR count). The summed E-state index contributed by atoms with van der Waals surface area (Å²) >= 11 is 0. The minimum Gasteiger partial charge on any atom is -0.391 e. The van der Waals surface area contributed by atoms with Crippen LogP contribution in [-0.4, -0.2) is 30.3 Å². The molecule has 1 N–H and O–H groups in total. The molecule has 0 aliphatic carbocycles. The van der Waals surface area contributed by atoms with Crippen molar-refractivity contribution in [3.63, 3.8) is 0 Å². The normalized spacial score (nSPS) is 12.2. The molecule has 0 spiro atoms. The third-order valence-electron chi connectivity index (χ3n) is 4.64. The lowest BCUT2D eigenvalue weighted by Gasteiger charge is -2.15. The average Bonchev–Trinajstić information content (AvgIpc) is 3.29. The van der Waals surface area contributed by atoms with Crippen LogP contribution >= 0.6 is 0 Å². The summed E-state index contributed by atoms with van der Waals surface area (Å²) in [7, 11) is 1.97. The van der Waals surface area contributed by atoms with Gasteiger partial charge in [-0.25, -0.2) is 9.97 Å². The Balaban J connectivity index is 1.69. The van der Waals surface area contributed by atoms with E-state index in [0.717, 1.165) is 28.3 Å². The standard InChI is InChI=1S/C22H22N4O/c1-25-13-12-23-22(25)21-20(18-10-6-3-7-11-18)24-16-26(21)15-19(27)14-17-8-4-2-5-9-17/h2-13,16,19,27H,14-15H2,1H3/t19-/m0/s1. The van der Waals surface area contributed by atoms with E-state index in [1.165, 1.54) is 0 Å². The molecule has 0 bridgehead atoms. The number of aromatic nitrogens is 4. The Kier molecular flexibility index (Phi) is 4.85. The first-order valence-corrected chi connectivity index (χ1v) is 9.02. The zero-order valence-electron chi connectivity index (χ0n) is 15.2. The molecular formula is C22H22N4O. The van der Waals surface area contributed by atoms with Crippen LogP contribution in [0.15, 0.2) is 79.4 Å². The quantitative estimate of drug-likeness (QED) is 0.573. The van der Waals surface area contributed by atoms with E-state index in [1.807, 2.05) is 83.0 Å². The van der Waals surface area contributed by atoms with Crippen LogP contribution in [0.1, 0.15) is 5.56 Å². The number of aryl methyl sites for hydroxylation is 1. The Hall–Kier alpha value is -3.18. The minimum atomic E-state index is -0.510. The fraction of sp³-hybridized carbons (Fsp3) is 0.182. The lowest BCUT2D eigenvalue weighted by atomic mass is 10.1. The van der Waals surface area contributed by atoms with Crippen LogP contribution in [0.3, 0.4) is 0 Å². The maximum atomic E-state index is 10.7. The molecule has 5 nitrogen and oxygen atoms in total. The van der Waals surface area contributed by atoms with Gasteiger partial charge in [-0.3, -0.25) is 0 Å². The Labute approximate surface area is 158 Å². The van der Waals surface area contributed by atoms with Crippen molar-refractivity contribution in [3.05, 3.63) is 84.9 Å². The van der Waals surface area contributed by atoms with Crippen LogP contribution in [0, 0.1) is 0 Å². The van der Waals surface area contributed by atoms with Gasteiger partial charge < -0.3 is 14.2 Å². The van der Waals surface area contributed by atoms with Gasteiger partial charge in [0.15, 0.2) is 5.82 Å². The highest BCUT2D eigenvalue weighted by molar-refractivity contribution is 5.75. The summed E-state index contributed by atoms with van der Waals surface area (Å²) in [5.41, 5.74) is 3.94. The average molecular weight is 358 g/mol. The molecule has 0 aliphatic rings. The van der Waals surface area contributed by atoms with E-state index in [2.05, 4.69) is 9.97 Å². The van der Waals surface area contributed by atoms with Gasteiger partial charge in [-0.15, -0.1) is 0 Å². The van der Waals surface area contributed by atoms with Crippen molar-refractivity contribution in [1.82, 2.24) is 19.1 Å². The molecule has 0 amide bonds. The summed E-state index contributed by atoms with van der Waals surface area (Å²) in [6.07, 6.45) is 5.58. The summed E-state index contributed by atoms with van der Waals surface area (Å²) in [6, 6.07) is 20.1. The predicted molar refractivity (Wildman–Crippen MR) is 106 cm³/mol. The molecule has 0 aliphatic heterocycles. The van der Waals surface area contributed by atoms with E-state index in [9.17, 15) is 5.11 Å². The molecule has 1 atom stereocenters. The van der Waals surface area contributed by atoms with Crippen LogP contribution in [0.5, 0.6) is 0 Å². The number of imidazole rings is 2. The summed E-state index contributed by atoms with van der Waals surface area (Å²) in [5.74, 6) is 0.832. The summed E-state index contributed by atoms with van der Waals surface area (Å²) < 4.78 is 3.97. The minimum absolute atomic E-state index is 0.455.